The number of benzene rings is 3. The molecule has 3 aromatic carbocycles. The van der Waals surface area contributed by atoms with E-state index in [-0.39, 0.29) is 12.2 Å². The van der Waals surface area contributed by atoms with Gasteiger partial charge in [0.15, 0.2) is 4.80 Å². The fourth-order valence-electron chi connectivity index (χ4n) is 4.89. The number of aromatic nitrogens is 1. The van der Waals surface area contributed by atoms with Crippen molar-refractivity contribution in [1.29, 1.82) is 0 Å². The molecule has 0 unspecified atom stereocenters. The first-order valence-electron chi connectivity index (χ1n) is 12.8. The molecular formula is C31H26I2N2O5S. The standard InChI is InChI=1S/C31H26I2N2O5S/c1-5-13-40-28-21(32)14-18(15-22(28)33)16-24-29(36)35-27(25(30(37)39-6-2)17(3)34-31(35)41-24)26-20-10-8-7-9-19(20)11-12-23(26)38-4/h5,7-12,14-16,27H,1,6,13H2,2-4H3/b24-16+/t27-/m1/s1. The second kappa shape index (κ2) is 12.5. The molecule has 1 aliphatic heterocycles. The van der Waals surface area contributed by atoms with Gasteiger partial charge in [0.2, 0.25) is 0 Å². The maximum absolute atomic E-state index is 14.2. The average Bonchev–Trinajstić information content (AvgIpc) is 3.25. The molecule has 0 spiro atoms. The fraction of sp³-hybridized carbons (Fsp3) is 0.194. The molecule has 0 saturated heterocycles. The predicted molar refractivity (Wildman–Crippen MR) is 178 cm³/mol. The molecule has 10 heteroatoms. The van der Waals surface area contributed by atoms with E-state index in [1.165, 1.54) is 11.3 Å². The van der Waals surface area contributed by atoms with Crippen LogP contribution in [0.15, 0.2) is 82.2 Å². The van der Waals surface area contributed by atoms with Crippen molar-refractivity contribution in [2.45, 2.75) is 19.9 Å². The lowest BCUT2D eigenvalue weighted by Crippen LogP contribution is -2.40. The van der Waals surface area contributed by atoms with E-state index in [1.54, 1.807) is 31.6 Å². The number of rotatable bonds is 8. The summed E-state index contributed by atoms with van der Waals surface area (Å²) in [5, 5.41) is 1.84. The molecule has 2 heterocycles. The van der Waals surface area contributed by atoms with Gasteiger partial charge in [-0.15, -0.1) is 0 Å². The van der Waals surface area contributed by atoms with E-state index in [0.29, 0.717) is 38.5 Å². The van der Waals surface area contributed by atoms with Crippen LogP contribution in [-0.2, 0) is 9.53 Å². The molecule has 0 radical (unpaired) electrons. The summed E-state index contributed by atoms with van der Waals surface area (Å²) in [7, 11) is 1.59. The maximum Gasteiger partial charge on any atom is 0.338 e. The first-order valence-corrected chi connectivity index (χ1v) is 15.7. The number of fused-ring (bicyclic) bond motifs is 2. The summed E-state index contributed by atoms with van der Waals surface area (Å²) < 4.78 is 21.0. The van der Waals surface area contributed by atoms with Gasteiger partial charge in [-0.3, -0.25) is 9.36 Å². The number of esters is 1. The highest BCUT2D eigenvalue weighted by molar-refractivity contribution is 14.1. The summed E-state index contributed by atoms with van der Waals surface area (Å²) in [6.07, 6.45) is 3.56. The Hall–Kier alpha value is -2.97. The van der Waals surface area contributed by atoms with Crippen molar-refractivity contribution < 1.29 is 19.0 Å². The Bertz CT molecular complexity index is 1880. The van der Waals surface area contributed by atoms with E-state index in [9.17, 15) is 9.59 Å². The summed E-state index contributed by atoms with van der Waals surface area (Å²) in [6, 6.07) is 14.8. The number of nitrogens with zero attached hydrogens (tertiary/aromatic N) is 2. The first-order chi connectivity index (χ1) is 19.8. The summed E-state index contributed by atoms with van der Waals surface area (Å²) in [6.45, 7) is 7.86. The van der Waals surface area contributed by atoms with E-state index in [1.807, 2.05) is 54.6 Å². The van der Waals surface area contributed by atoms with Crippen LogP contribution >= 0.6 is 56.5 Å². The quantitative estimate of drug-likeness (QED) is 0.130. The van der Waals surface area contributed by atoms with Gasteiger partial charge in [-0.25, -0.2) is 9.79 Å². The van der Waals surface area contributed by atoms with Gasteiger partial charge >= 0.3 is 5.97 Å². The summed E-state index contributed by atoms with van der Waals surface area (Å²) in [4.78, 5) is 32.8. The van der Waals surface area contributed by atoms with E-state index < -0.39 is 12.0 Å². The van der Waals surface area contributed by atoms with Crippen LogP contribution in [0, 0.1) is 7.14 Å². The third-order valence-corrected chi connectivity index (χ3v) is 9.19. The number of halogens is 2. The average molecular weight is 792 g/mol. The number of carbonyl (C=O) groups is 1. The summed E-state index contributed by atoms with van der Waals surface area (Å²) in [5.41, 5.74) is 2.14. The Labute approximate surface area is 268 Å². The molecule has 41 heavy (non-hydrogen) atoms. The van der Waals surface area contributed by atoms with E-state index in [0.717, 1.165) is 29.2 Å². The lowest BCUT2D eigenvalue weighted by molar-refractivity contribution is -0.139. The number of carbonyl (C=O) groups excluding carboxylic acids is 1. The highest BCUT2D eigenvalue weighted by Gasteiger charge is 2.36. The van der Waals surface area contributed by atoms with Crippen molar-refractivity contribution in [3.63, 3.8) is 0 Å². The second-order valence-electron chi connectivity index (χ2n) is 9.12. The molecule has 210 valence electrons. The first kappa shape index (κ1) is 29.5. The number of allylic oxidation sites excluding steroid dienone is 1. The van der Waals surface area contributed by atoms with Crippen LogP contribution in [0.5, 0.6) is 11.5 Å². The normalized spacial score (nSPS) is 15.0. The highest BCUT2D eigenvalue weighted by Crippen LogP contribution is 2.40. The molecule has 7 nitrogen and oxygen atoms in total. The van der Waals surface area contributed by atoms with E-state index >= 15 is 0 Å². The van der Waals surface area contributed by atoms with Crippen LogP contribution in [0.1, 0.15) is 31.0 Å². The molecule has 1 aliphatic rings. The summed E-state index contributed by atoms with van der Waals surface area (Å²) in [5.74, 6) is 0.837. The topological polar surface area (TPSA) is 79.1 Å². The zero-order valence-corrected chi connectivity index (χ0v) is 27.7. The number of hydrogen-bond donors (Lipinski definition) is 0. The molecule has 5 rings (SSSR count). The Morgan fingerprint density at radius 1 is 1.17 bits per heavy atom. The molecule has 0 saturated carbocycles. The van der Waals surface area contributed by atoms with Crippen LogP contribution < -0.4 is 24.4 Å². The third-order valence-electron chi connectivity index (χ3n) is 6.60. The number of hydrogen-bond acceptors (Lipinski definition) is 7. The van der Waals surface area contributed by atoms with Crippen LogP contribution in [0.4, 0.5) is 0 Å². The van der Waals surface area contributed by atoms with Crippen molar-refractivity contribution in [3.8, 4) is 11.5 Å². The molecule has 0 bridgehead atoms. The van der Waals surface area contributed by atoms with E-state index in [2.05, 4.69) is 51.8 Å². The fourth-order valence-corrected chi connectivity index (χ4v) is 8.07. The maximum atomic E-state index is 14.2. The van der Waals surface area contributed by atoms with Gasteiger partial charge < -0.3 is 14.2 Å². The lowest BCUT2D eigenvalue weighted by Gasteiger charge is -2.27. The Morgan fingerprint density at radius 2 is 1.90 bits per heavy atom. The predicted octanol–water partition coefficient (Wildman–Crippen LogP) is 5.73. The van der Waals surface area contributed by atoms with Crippen molar-refractivity contribution >= 4 is 79.3 Å². The van der Waals surface area contributed by atoms with Crippen LogP contribution in [0.2, 0.25) is 0 Å². The van der Waals surface area contributed by atoms with Gasteiger partial charge in [0.25, 0.3) is 5.56 Å². The second-order valence-corrected chi connectivity index (χ2v) is 12.5. The number of ether oxygens (including phenoxy) is 3. The van der Waals surface area contributed by atoms with Gasteiger partial charge in [0, 0.05) is 5.56 Å². The third kappa shape index (κ3) is 5.61. The van der Waals surface area contributed by atoms with Crippen molar-refractivity contribution in [1.82, 2.24) is 4.57 Å². The summed E-state index contributed by atoms with van der Waals surface area (Å²) >= 11 is 5.75. The van der Waals surface area contributed by atoms with Crippen molar-refractivity contribution in [2.24, 2.45) is 4.99 Å². The minimum atomic E-state index is -0.788. The van der Waals surface area contributed by atoms with Crippen molar-refractivity contribution in [3.05, 3.63) is 110 Å². The minimum Gasteiger partial charge on any atom is -0.496 e. The monoisotopic (exact) mass is 792 g/mol. The smallest absolute Gasteiger partial charge is 0.338 e. The van der Waals surface area contributed by atoms with Crippen LogP contribution in [0.25, 0.3) is 16.8 Å². The van der Waals surface area contributed by atoms with Gasteiger partial charge in [-0.1, -0.05) is 54.3 Å². The number of thiazole rings is 1. The van der Waals surface area contributed by atoms with Gasteiger partial charge in [-0.2, -0.15) is 0 Å². The van der Waals surface area contributed by atoms with Gasteiger partial charge in [-0.05, 0) is 99.6 Å². The lowest BCUT2D eigenvalue weighted by atomic mass is 9.90. The molecule has 1 atom stereocenters. The van der Waals surface area contributed by atoms with Crippen molar-refractivity contribution in [2.75, 3.05) is 20.3 Å². The number of methoxy groups -OCH3 is 1. The molecule has 0 amide bonds. The molecule has 0 aliphatic carbocycles. The Morgan fingerprint density at radius 3 is 2.59 bits per heavy atom. The van der Waals surface area contributed by atoms with Gasteiger partial charge in [0.1, 0.15) is 24.1 Å². The molecule has 0 fully saturated rings. The largest absolute Gasteiger partial charge is 0.496 e. The van der Waals surface area contributed by atoms with Crippen LogP contribution in [-0.4, -0.2) is 30.9 Å². The van der Waals surface area contributed by atoms with E-state index in [4.69, 9.17) is 19.2 Å². The molecule has 1 aromatic heterocycles. The Balaban J connectivity index is 1.77. The SMILES string of the molecule is C=CCOc1c(I)cc(/C=c2/sc3n(c2=O)[C@@H](c2c(OC)ccc4ccccc24)C(C(=O)OCC)=C(C)N=3)cc1I. The van der Waals surface area contributed by atoms with Crippen LogP contribution in [0.3, 0.4) is 0 Å². The molecule has 0 N–H and O–H groups in total. The zero-order chi connectivity index (χ0) is 29.3. The zero-order valence-electron chi connectivity index (χ0n) is 22.6. The highest BCUT2D eigenvalue weighted by atomic mass is 127. The molecular weight excluding hydrogens is 766 g/mol. The minimum absolute atomic E-state index is 0.198. The Kier molecular flexibility index (Phi) is 9.00. The molecule has 4 aromatic rings. The van der Waals surface area contributed by atoms with Gasteiger partial charge in [0.05, 0.1) is 36.7 Å².